The van der Waals surface area contributed by atoms with Gasteiger partial charge >= 0.3 is 0 Å². The van der Waals surface area contributed by atoms with E-state index in [9.17, 15) is 4.79 Å². The molecule has 0 bridgehead atoms. The highest BCUT2D eigenvalue weighted by atomic mass is 16.1. The first kappa shape index (κ1) is 66.4. The summed E-state index contributed by atoms with van der Waals surface area (Å²) >= 11 is 0. The Hall–Kier alpha value is -0.370. The highest BCUT2D eigenvalue weighted by Gasteiger charge is 2.39. The summed E-state index contributed by atoms with van der Waals surface area (Å²) in [7, 11) is 4.20. The molecule has 0 aromatic heterocycles. The van der Waals surface area contributed by atoms with Gasteiger partial charge in [-0.05, 0) is 76.7 Å². The Kier molecular flexibility index (Phi) is 38.1. The second-order valence-electron chi connectivity index (χ2n) is 24.5. The van der Waals surface area contributed by atoms with Crippen molar-refractivity contribution < 1.29 is 4.79 Å². The van der Waals surface area contributed by atoms with Gasteiger partial charge in [0, 0.05) is 19.4 Å². The topological polar surface area (TPSA) is 20.3 Å². The molecule has 0 atom stereocenters. The summed E-state index contributed by atoms with van der Waals surface area (Å²) < 4.78 is 0. The third-order valence-corrected chi connectivity index (χ3v) is 8.49. The smallest absolute Gasteiger partial charge is 0.133 e. The minimum absolute atomic E-state index is 0. The molecule has 0 spiro atoms. The summed E-state index contributed by atoms with van der Waals surface area (Å²) in [6.45, 7) is 61.3. The molecule has 0 radical (unpaired) electrons. The number of carbonyl (C=O) groups is 1. The zero-order chi connectivity index (χ0) is 42.9. The van der Waals surface area contributed by atoms with E-state index in [2.05, 4.69) is 206 Å². The van der Waals surface area contributed by atoms with E-state index >= 15 is 0 Å². The Bertz CT molecular complexity index is 698. The first-order valence-corrected chi connectivity index (χ1v) is 21.2. The van der Waals surface area contributed by atoms with Gasteiger partial charge in [0.2, 0.25) is 0 Å². The van der Waals surface area contributed by atoms with Crippen LogP contribution in [0.4, 0.5) is 0 Å². The van der Waals surface area contributed by atoms with Crippen LogP contribution in [0.25, 0.3) is 0 Å². The minimum Gasteiger partial charge on any atom is -0.309 e. The zero-order valence-corrected chi connectivity index (χ0v) is 42.1. The lowest BCUT2D eigenvalue weighted by molar-refractivity contribution is -0.121. The van der Waals surface area contributed by atoms with Crippen LogP contribution in [0.2, 0.25) is 0 Å². The lowest BCUT2D eigenvalue weighted by atomic mass is 9.87. The molecule has 1 aliphatic rings. The molecule has 0 saturated heterocycles. The number of carbonyl (C=O) groups excluding carboxylic acids is 1. The van der Waals surface area contributed by atoms with Crippen LogP contribution in [0.15, 0.2) is 0 Å². The van der Waals surface area contributed by atoms with Gasteiger partial charge in [-0.2, -0.15) is 0 Å². The SMILES string of the molecule is C.CC(C)(C)CC(=O)CC1(C)CC1.CCC(C)(C)C.CCC(C)(C)C.CCC(C)(C)C.CCC(C)(C)C.CCCC(C)(C)C.CN(C)CC(C)(C)C. The second kappa shape index (κ2) is 29.9. The lowest BCUT2D eigenvalue weighted by Crippen LogP contribution is -2.25. The van der Waals surface area contributed by atoms with Crippen molar-refractivity contribution >= 4 is 5.78 Å². The maximum absolute atomic E-state index is 11.5. The van der Waals surface area contributed by atoms with Crippen LogP contribution in [0, 0.1) is 43.3 Å². The zero-order valence-electron chi connectivity index (χ0n) is 42.1. The van der Waals surface area contributed by atoms with E-state index in [1.165, 1.54) is 51.4 Å². The van der Waals surface area contributed by atoms with Gasteiger partial charge in [0.25, 0.3) is 0 Å². The maximum atomic E-state index is 11.5. The molecular weight excluding hydrogens is 631 g/mol. The van der Waals surface area contributed by atoms with E-state index in [0.717, 1.165) is 19.4 Å². The Morgan fingerprint density at radius 2 is 0.731 bits per heavy atom. The summed E-state index contributed by atoms with van der Waals surface area (Å²) in [5, 5.41) is 0. The van der Waals surface area contributed by atoms with Crippen LogP contribution in [-0.4, -0.2) is 31.3 Å². The molecule has 1 saturated carbocycles. The Morgan fingerprint density at radius 1 is 0.481 bits per heavy atom. The average molecular weight is 744 g/mol. The van der Waals surface area contributed by atoms with E-state index in [4.69, 9.17) is 0 Å². The van der Waals surface area contributed by atoms with Crippen molar-refractivity contribution in [3.63, 3.8) is 0 Å². The van der Waals surface area contributed by atoms with Gasteiger partial charge in [0.1, 0.15) is 5.78 Å². The fourth-order valence-electron chi connectivity index (χ4n) is 3.22. The number of Topliss-reactive ketones (excluding diaryl/α,β-unsaturated/α-hetero) is 1. The molecule has 2 nitrogen and oxygen atoms in total. The van der Waals surface area contributed by atoms with E-state index in [-0.39, 0.29) is 12.8 Å². The molecule has 1 aliphatic carbocycles. The predicted octanol–water partition coefficient (Wildman–Crippen LogP) is 18.0. The van der Waals surface area contributed by atoms with Crippen molar-refractivity contribution in [2.24, 2.45) is 43.3 Å². The molecule has 2 heteroatoms. The first-order chi connectivity index (χ1) is 22.0. The lowest BCUT2D eigenvalue weighted by Gasteiger charge is -2.22. The van der Waals surface area contributed by atoms with Crippen LogP contribution < -0.4 is 0 Å². The molecule has 0 unspecified atom stereocenters. The largest absolute Gasteiger partial charge is 0.309 e. The quantitative estimate of drug-likeness (QED) is 0.279. The van der Waals surface area contributed by atoms with Crippen molar-refractivity contribution in [2.45, 2.75) is 259 Å². The molecule has 324 valence electrons. The molecule has 1 rings (SSSR count). The van der Waals surface area contributed by atoms with Crippen molar-refractivity contribution in [1.29, 1.82) is 0 Å². The summed E-state index contributed by atoms with van der Waals surface area (Å²) in [5.74, 6) is 0.447. The van der Waals surface area contributed by atoms with Gasteiger partial charge in [-0.25, -0.2) is 0 Å². The number of ketones is 1. The number of hydrogen-bond donors (Lipinski definition) is 0. The monoisotopic (exact) mass is 744 g/mol. The summed E-state index contributed by atoms with van der Waals surface area (Å²) in [6.07, 6.45) is 11.8. The molecule has 52 heavy (non-hydrogen) atoms. The summed E-state index contributed by atoms with van der Waals surface area (Å²) in [5.41, 5.74) is 3.73. The van der Waals surface area contributed by atoms with Gasteiger partial charge in [0.15, 0.2) is 0 Å². The molecule has 0 N–H and O–H groups in total. The standard InChI is InChI=1S/C11H20O.C7H17N.C7H16.4C6H14.CH4/c1-10(2,3)7-9(12)8-11(4)5-6-11;1-7(2,3)6-8(4)5;1-5-6-7(2,3)4;4*1-5-6(2,3)4;/h5-8H2,1-4H3;6H2,1-5H3;5-6H2,1-4H3;4*5H2,1-4H3;1H4. The summed E-state index contributed by atoms with van der Waals surface area (Å²) in [6, 6.07) is 0. The molecule has 0 aliphatic heterocycles. The van der Waals surface area contributed by atoms with E-state index in [0.29, 0.717) is 43.7 Å². The molecule has 0 heterocycles. The molecule has 1 fully saturated rings. The Morgan fingerprint density at radius 3 is 0.808 bits per heavy atom. The third kappa shape index (κ3) is 92.5. The predicted molar refractivity (Wildman–Crippen MR) is 249 cm³/mol. The molecular formula is C50H113NO. The van der Waals surface area contributed by atoms with Crippen LogP contribution in [0.3, 0.4) is 0 Å². The van der Waals surface area contributed by atoms with E-state index in [1.807, 2.05) is 0 Å². The van der Waals surface area contributed by atoms with Crippen LogP contribution in [0.5, 0.6) is 0 Å². The highest BCUT2D eigenvalue weighted by Crippen LogP contribution is 2.48. The van der Waals surface area contributed by atoms with Gasteiger partial charge in [-0.15, -0.1) is 0 Å². The molecule has 0 aromatic carbocycles. The van der Waals surface area contributed by atoms with Crippen molar-refractivity contribution in [2.75, 3.05) is 20.6 Å². The third-order valence-electron chi connectivity index (χ3n) is 8.49. The van der Waals surface area contributed by atoms with Crippen molar-refractivity contribution in [1.82, 2.24) is 4.90 Å². The Balaban J connectivity index is -0.0000000924. The van der Waals surface area contributed by atoms with Gasteiger partial charge in [0.05, 0.1) is 0 Å². The fraction of sp³-hybridized carbons (Fsp3) is 0.980. The van der Waals surface area contributed by atoms with E-state index < -0.39 is 0 Å². The first-order valence-electron chi connectivity index (χ1n) is 21.2. The van der Waals surface area contributed by atoms with Crippen molar-refractivity contribution in [3.8, 4) is 0 Å². The minimum atomic E-state index is 0. The van der Waals surface area contributed by atoms with Gasteiger partial charge < -0.3 is 4.90 Å². The summed E-state index contributed by atoms with van der Waals surface area (Å²) in [4.78, 5) is 13.7. The fourth-order valence-corrected chi connectivity index (χ4v) is 3.22. The number of rotatable bonds is 5. The normalized spacial score (nSPS) is 13.9. The average Bonchev–Trinajstić information content (AvgIpc) is 3.57. The number of hydrogen-bond acceptors (Lipinski definition) is 2. The van der Waals surface area contributed by atoms with Crippen LogP contribution in [-0.2, 0) is 4.79 Å². The second-order valence-corrected chi connectivity index (χ2v) is 24.5. The molecule has 0 aromatic rings. The number of nitrogens with zero attached hydrogens (tertiary/aromatic N) is 1. The molecule has 0 amide bonds. The van der Waals surface area contributed by atoms with Crippen LogP contribution in [0.1, 0.15) is 259 Å². The van der Waals surface area contributed by atoms with E-state index in [1.54, 1.807) is 0 Å². The maximum Gasteiger partial charge on any atom is 0.133 e. The Labute approximate surface area is 337 Å². The van der Waals surface area contributed by atoms with Gasteiger partial charge in [-0.3, -0.25) is 4.79 Å². The van der Waals surface area contributed by atoms with Crippen LogP contribution >= 0.6 is 0 Å². The highest BCUT2D eigenvalue weighted by molar-refractivity contribution is 5.80. The van der Waals surface area contributed by atoms with Gasteiger partial charge in [-0.1, -0.05) is 226 Å². The van der Waals surface area contributed by atoms with Crippen molar-refractivity contribution in [3.05, 3.63) is 0 Å².